The Bertz CT molecular complexity index is 1570. The van der Waals surface area contributed by atoms with Crippen LogP contribution in [-0.2, 0) is 19.8 Å². The topological polar surface area (TPSA) is 101 Å². The van der Waals surface area contributed by atoms with Gasteiger partial charge in [-0.15, -0.1) is 0 Å². The molecule has 4 aromatic rings. The number of alkyl halides is 1. The van der Waals surface area contributed by atoms with Gasteiger partial charge >= 0.3 is 5.69 Å². The molecule has 1 saturated heterocycles. The Kier molecular flexibility index (Phi) is 9.70. The van der Waals surface area contributed by atoms with Crippen molar-refractivity contribution in [3.63, 3.8) is 0 Å². The predicted molar refractivity (Wildman–Crippen MR) is 171 cm³/mol. The number of rotatable bonds is 11. The molecule has 0 aliphatic carbocycles. The highest BCUT2D eigenvalue weighted by atomic mass is 127. The average Bonchev–Trinajstić information content (AvgIpc) is 3.41. The second kappa shape index (κ2) is 13.5. The smallest absolute Gasteiger partial charge is 0.330 e. The summed E-state index contributed by atoms with van der Waals surface area (Å²) in [5.74, 6) is 1.36. The Morgan fingerprint density at radius 1 is 0.860 bits per heavy atom. The van der Waals surface area contributed by atoms with Gasteiger partial charge in [-0.3, -0.25) is 14.3 Å². The lowest BCUT2D eigenvalue weighted by molar-refractivity contribution is -0.0925. The van der Waals surface area contributed by atoms with Gasteiger partial charge in [-0.05, 0) is 47.9 Å². The summed E-state index contributed by atoms with van der Waals surface area (Å²) < 4.78 is 32.6. The van der Waals surface area contributed by atoms with Gasteiger partial charge in [0.15, 0.2) is 6.23 Å². The van der Waals surface area contributed by atoms with Crippen LogP contribution in [0.1, 0.15) is 28.5 Å². The molecule has 2 heterocycles. The molecule has 1 N–H and O–H groups in total. The van der Waals surface area contributed by atoms with E-state index in [2.05, 4.69) is 27.6 Å². The minimum Gasteiger partial charge on any atom is -0.497 e. The maximum Gasteiger partial charge on any atom is 0.330 e. The average molecular weight is 699 g/mol. The highest BCUT2D eigenvalue weighted by molar-refractivity contribution is 14.1. The van der Waals surface area contributed by atoms with Crippen LogP contribution in [-0.4, -0.2) is 54.1 Å². The van der Waals surface area contributed by atoms with Crippen LogP contribution in [0, 0.1) is 12.8 Å². The molecule has 0 spiro atoms. The largest absolute Gasteiger partial charge is 0.497 e. The molecule has 3 aromatic carbocycles. The van der Waals surface area contributed by atoms with Crippen LogP contribution in [0.5, 0.6) is 11.5 Å². The van der Waals surface area contributed by atoms with Gasteiger partial charge in [0.25, 0.3) is 5.56 Å². The van der Waals surface area contributed by atoms with E-state index in [0.29, 0.717) is 9.99 Å². The molecule has 226 valence electrons. The van der Waals surface area contributed by atoms with Gasteiger partial charge in [-0.25, -0.2) is 4.79 Å². The van der Waals surface area contributed by atoms with Crippen molar-refractivity contribution in [3.05, 3.63) is 128 Å². The van der Waals surface area contributed by atoms with Gasteiger partial charge in [0.1, 0.15) is 23.2 Å². The second-order valence-corrected chi connectivity index (χ2v) is 11.3. The Morgan fingerprint density at radius 3 is 1.93 bits per heavy atom. The first-order valence-corrected chi connectivity index (χ1v) is 15.4. The van der Waals surface area contributed by atoms with Crippen molar-refractivity contribution in [2.75, 3.05) is 32.4 Å². The highest BCUT2D eigenvalue weighted by Gasteiger charge is 2.47. The number of benzene rings is 3. The monoisotopic (exact) mass is 698 g/mol. The predicted octanol–water partition coefficient (Wildman–Crippen LogP) is 4.83. The molecule has 0 radical (unpaired) electrons. The summed E-state index contributed by atoms with van der Waals surface area (Å²) in [5.41, 5.74) is 1.15. The zero-order valence-corrected chi connectivity index (χ0v) is 26.6. The molecule has 0 bridgehead atoms. The van der Waals surface area contributed by atoms with Crippen LogP contribution in [0.15, 0.2) is 94.6 Å². The van der Waals surface area contributed by atoms with Crippen molar-refractivity contribution >= 4 is 22.6 Å². The minimum atomic E-state index is -1.02. The number of methoxy groups -OCH3 is 3. The number of aryl methyl sites for hydroxylation is 1. The Balaban J connectivity index is 1.59. The van der Waals surface area contributed by atoms with E-state index in [4.69, 9.17) is 23.7 Å². The lowest BCUT2D eigenvalue weighted by Gasteiger charge is -2.37. The lowest BCUT2D eigenvalue weighted by Crippen LogP contribution is -2.39. The fourth-order valence-electron chi connectivity index (χ4n) is 5.70. The zero-order valence-electron chi connectivity index (χ0n) is 24.5. The molecule has 1 aromatic heterocycles. The molecular formula is C33H35IN2O7. The summed E-state index contributed by atoms with van der Waals surface area (Å²) in [6.45, 7) is 1.84. The molecule has 43 heavy (non-hydrogen) atoms. The lowest BCUT2D eigenvalue weighted by atomic mass is 9.80. The minimum absolute atomic E-state index is 0.102. The van der Waals surface area contributed by atoms with Gasteiger partial charge in [0, 0.05) is 29.2 Å². The maximum atomic E-state index is 12.8. The third-order valence-corrected chi connectivity index (χ3v) is 9.02. The molecule has 10 heteroatoms. The van der Waals surface area contributed by atoms with Gasteiger partial charge in [0.2, 0.25) is 0 Å². The van der Waals surface area contributed by atoms with Crippen LogP contribution >= 0.6 is 22.6 Å². The normalized spacial score (nSPS) is 20.2. The van der Waals surface area contributed by atoms with Crippen molar-refractivity contribution in [1.82, 2.24) is 9.55 Å². The third kappa shape index (κ3) is 6.01. The summed E-state index contributed by atoms with van der Waals surface area (Å²) in [7, 11) is 4.88. The van der Waals surface area contributed by atoms with E-state index in [-0.39, 0.29) is 12.5 Å². The maximum absolute atomic E-state index is 12.8. The van der Waals surface area contributed by atoms with E-state index in [9.17, 15) is 9.59 Å². The number of ether oxygens (including phenoxy) is 5. The van der Waals surface area contributed by atoms with E-state index in [0.717, 1.165) is 28.2 Å². The van der Waals surface area contributed by atoms with Crippen LogP contribution in [0.25, 0.3) is 0 Å². The number of hydrogen-bond acceptors (Lipinski definition) is 7. The molecule has 1 fully saturated rings. The van der Waals surface area contributed by atoms with Gasteiger partial charge < -0.3 is 23.7 Å². The molecule has 1 aliphatic rings. The Labute approximate surface area is 263 Å². The first kappa shape index (κ1) is 31.0. The first-order valence-electron chi connectivity index (χ1n) is 13.9. The SMILES string of the molecule is COc1ccc(C(OCC2OC(n3cc(C)c(=O)[nH]c3=O)[C@H](OC)[C@@H]2CI)(c2ccccc2)c2ccc(OC)cc2)cc1. The summed E-state index contributed by atoms with van der Waals surface area (Å²) in [6.07, 6.45) is -0.0874. The first-order chi connectivity index (χ1) is 20.9. The van der Waals surface area contributed by atoms with Crippen molar-refractivity contribution in [1.29, 1.82) is 0 Å². The summed E-state index contributed by atoms with van der Waals surface area (Å²) in [4.78, 5) is 27.3. The van der Waals surface area contributed by atoms with Crippen molar-refractivity contribution < 1.29 is 23.7 Å². The molecule has 4 atom stereocenters. The standard InChI is InChI=1S/C33H35IN2O7/c1-21-19-36(32(38)35-30(21)37)31-29(41-4)27(18-34)28(43-31)20-42-33(22-8-6-5-7-9-22,23-10-14-25(39-2)15-11-23)24-12-16-26(40-3)17-13-24/h5-17,19,27-29,31H,18,20H2,1-4H3,(H,35,37,38)/t27-,28?,29-,31?/m1/s1. The number of halogens is 1. The van der Waals surface area contributed by atoms with Crippen molar-refractivity contribution in [3.8, 4) is 11.5 Å². The van der Waals surface area contributed by atoms with E-state index in [1.807, 2.05) is 78.9 Å². The van der Waals surface area contributed by atoms with Crippen LogP contribution in [0.3, 0.4) is 0 Å². The zero-order chi connectivity index (χ0) is 30.6. The van der Waals surface area contributed by atoms with Crippen molar-refractivity contribution in [2.24, 2.45) is 5.92 Å². The van der Waals surface area contributed by atoms with Gasteiger partial charge in [0.05, 0.1) is 26.9 Å². The number of nitrogens with zero attached hydrogens (tertiary/aromatic N) is 1. The quantitative estimate of drug-likeness (QED) is 0.136. The summed E-state index contributed by atoms with van der Waals surface area (Å²) in [6, 6.07) is 25.7. The van der Waals surface area contributed by atoms with E-state index in [1.54, 1.807) is 28.3 Å². The number of nitrogens with one attached hydrogen (secondary N) is 1. The van der Waals surface area contributed by atoms with Crippen LogP contribution in [0.2, 0.25) is 0 Å². The number of aromatic nitrogens is 2. The Morgan fingerprint density at radius 2 is 1.42 bits per heavy atom. The van der Waals surface area contributed by atoms with Crippen molar-refractivity contribution in [2.45, 2.75) is 31.0 Å². The van der Waals surface area contributed by atoms with Crippen LogP contribution in [0.4, 0.5) is 0 Å². The van der Waals surface area contributed by atoms with E-state index < -0.39 is 35.3 Å². The summed E-state index contributed by atoms with van der Waals surface area (Å²) >= 11 is 2.32. The highest BCUT2D eigenvalue weighted by Crippen LogP contribution is 2.44. The fraction of sp³-hybridized carbons (Fsp3) is 0.333. The molecular weight excluding hydrogens is 663 g/mol. The van der Waals surface area contributed by atoms with E-state index in [1.165, 1.54) is 10.8 Å². The van der Waals surface area contributed by atoms with Crippen LogP contribution < -0.4 is 20.7 Å². The molecule has 9 nitrogen and oxygen atoms in total. The molecule has 2 unspecified atom stereocenters. The Hall–Kier alpha value is -3.45. The molecule has 5 rings (SSSR count). The second-order valence-electron chi connectivity index (χ2n) is 10.4. The summed E-state index contributed by atoms with van der Waals surface area (Å²) in [5, 5.41) is 0. The fourth-order valence-corrected chi connectivity index (χ4v) is 6.77. The van der Waals surface area contributed by atoms with E-state index >= 15 is 0 Å². The molecule has 0 amide bonds. The number of H-pyrrole nitrogens is 1. The van der Waals surface area contributed by atoms with Gasteiger partial charge in [-0.1, -0.05) is 77.2 Å². The molecule has 1 aliphatic heterocycles. The third-order valence-electron chi connectivity index (χ3n) is 8.00. The number of hydrogen-bond donors (Lipinski definition) is 1. The number of aromatic amines is 1. The molecule has 0 saturated carbocycles. The van der Waals surface area contributed by atoms with Gasteiger partial charge in [-0.2, -0.15) is 0 Å².